The van der Waals surface area contributed by atoms with E-state index < -0.39 is 11.7 Å². The summed E-state index contributed by atoms with van der Waals surface area (Å²) < 4.78 is 37.6. The van der Waals surface area contributed by atoms with Crippen molar-refractivity contribution in [1.82, 2.24) is 0 Å². The van der Waals surface area contributed by atoms with Gasteiger partial charge in [0.25, 0.3) is 0 Å². The van der Waals surface area contributed by atoms with Crippen LogP contribution in [0.25, 0.3) is 0 Å². The normalized spacial score (nSPS) is 14.7. The van der Waals surface area contributed by atoms with E-state index in [0.29, 0.717) is 0 Å². The number of nitrogens with zero attached hydrogens (tertiary/aromatic N) is 1. The largest absolute Gasteiger partial charge is 0.416 e. The van der Waals surface area contributed by atoms with Gasteiger partial charge in [0.1, 0.15) is 0 Å². The molecular formula is C14H20F3N. The van der Waals surface area contributed by atoms with Crippen LogP contribution in [0.5, 0.6) is 0 Å². The Bertz CT molecular complexity index is 385. The predicted octanol–water partition coefficient (Wildman–Crippen LogP) is 4.50. The molecule has 1 aliphatic heterocycles. The number of hydrogen-bond donors (Lipinski definition) is 0. The number of fused-ring (bicyclic) bond motifs is 1. The minimum absolute atomic E-state index is 0.538. The van der Waals surface area contributed by atoms with E-state index in [-0.39, 0.29) is 0 Å². The molecule has 0 saturated heterocycles. The number of halogens is 3. The summed E-state index contributed by atoms with van der Waals surface area (Å²) in [5.74, 6) is 0. The molecule has 2 rings (SSSR count). The Morgan fingerprint density at radius 2 is 1.89 bits per heavy atom. The number of rotatable bonds is 1. The van der Waals surface area contributed by atoms with E-state index >= 15 is 0 Å². The molecule has 0 aliphatic carbocycles. The lowest BCUT2D eigenvalue weighted by atomic mass is 9.99. The van der Waals surface area contributed by atoms with E-state index in [0.717, 1.165) is 37.2 Å². The Hall–Kier alpha value is -1.19. The molecule has 4 heteroatoms. The summed E-state index contributed by atoms with van der Waals surface area (Å²) in [5, 5.41) is 0. The molecule has 1 aromatic carbocycles. The molecule has 0 saturated carbocycles. The third-order valence-corrected chi connectivity index (χ3v) is 3.00. The van der Waals surface area contributed by atoms with Gasteiger partial charge in [-0.3, -0.25) is 0 Å². The second kappa shape index (κ2) is 6.12. The van der Waals surface area contributed by atoms with Crippen molar-refractivity contribution in [3.63, 3.8) is 0 Å². The summed E-state index contributed by atoms with van der Waals surface area (Å²) in [5.41, 5.74) is 1.24. The van der Waals surface area contributed by atoms with Crippen LogP contribution in [0.3, 0.4) is 0 Å². The van der Waals surface area contributed by atoms with Gasteiger partial charge in [-0.15, -0.1) is 0 Å². The van der Waals surface area contributed by atoms with Crippen molar-refractivity contribution in [2.24, 2.45) is 0 Å². The van der Waals surface area contributed by atoms with Crippen LogP contribution < -0.4 is 4.90 Å². The van der Waals surface area contributed by atoms with E-state index in [1.807, 2.05) is 20.8 Å². The van der Waals surface area contributed by atoms with Gasteiger partial charge in [0, 0.05) is 18.8 Å². The van der Waals surface area contributed by atoms with E-state index in [9.17, 15) is 13.2 Å². The molecule has 102 valence electrons. The number of hydrogen-bond acceptors (Lipinski definition) is 1. The van der Waals surface area contributed by atoms with Gasteiger partial charge in [0.15, 0.2) is 0 Å². The number of benzene rings is 1. The molecule has 1 aliphatic rings. The third-order valence-electron chi connectivity index (χ3n) is 3.00. The highest BCUT2D eigenvalue weighted by Crippen LogP contribution is 2.34. The quantitative estimate of drug-likeness (QED) is 0.717. The lowest BCUT2D eigenvalue weighted by Gasteiger charge is -2.30. The Morgan fingerprint density at radius 1 is 1.22 bits per heavy atom. The van der Waals surface area contributed by atoms with E-state index in [1.54, 1.807) is 6.07 Å². The van der Waals surface area contributed by atoms with Crippen LogP contribution in [0.4, 0.5) is 18.9 Å². The molecule has 0 bridgehead atoms. The van der Waals surface area contributed by atoms with Gasteiger partial charge in [-0.05, 0) is 43.5 Å². The molecule has 0 spiro atoms. The molecular weight excluding hydrogens is 239 g/mol. The molecule has 0 unspecified atom stereocenters. The molecule has 0 atom stereocenters. The van der Waals surface area contributed by atoms with Crippen molar-refractivity contribution in [2.75, 3.05) is 18.0 Å². The highest BCUT2D eigenvalue weighted by molar-refractivity contribution is 5.57. The molecule has 18 heavy (non-hydrogen) atoms. The lowest BCUT2D eigenvalue weighted by molar-refractivity contribution is -0.137. The van der Waals surface area contributed by atoms with Crippen LogP contribution in [0.2, 0.25) is 0 Å². The van der Waals surface area contributed by atoms with Gasteiger partial charge in [-0.25, -0.2) is 0 Å². The fraction of sp³-hybridized carbons (Fsp3) is 0.571. The fourth-order valence-corrected chi connectivity index (χ4v) is 2.18. The first-order valence-electron chi connectivity index (χ1n) is 6.47. The maximum absolute atomic E-state index is 12.5. The van der Waals surface area contributed by atoms with Gasteiger partial charge in [0.05, 0.1) is 5.56 Å². The average Bonchev–Trinajstić information content (AvgIpc) is 2.38. The Morgan fingerprint density at radius 3 is 2.44 bits per heavy atom. The standard InChI is InChI=1S/C12H14F3N.C2H6/c1-2-16-7-3-4-9-8-10(12(13,14)15)5-6-11(9)16;1-2/h5-6,8H,2-4,7H2,1H3;1-2H3. The molecule has 0 radical (unpaired) electrons. The van der Waals surface area contributed by atoms with Crippen molar-refractivity contribution in [1.29, 1.82) is 0 Å². The van der Waals surface area contributed by atoms with Crippen LogP contribution in [-0.4, -0.2) is 13.1 Å². The van der Waals surface area contributed by atoms with Crippen molar-refractivity contribution in [3.8, 4) is 0 Å². The molecule has 1 nitrogen and oxygen atoms in total. The van der Waals surface area contributed by atoms with Crippen LogP contribution in [0, 0.1) is 0 Å². The molecule has 0 amide bonds. The van der Waals surface area contributed by atoms with Crippen LogP contribution in [0.15, 0.2) is 18.2 Å². The first-order valence-corrected chi connectivity index (χ1v) is 6.47. The summed E-state index contributed by atoms with van der Waals surface area (Å²) in [4.78, 5) is 2.12. The number of alkyl halides is 3. The summed E-state index contributed by atoms with van der Waals surface area (Å²) >= 11 is 0. The number of aryl methyl sites for hydroxylation is 1. The molecule has 1 heterocycles. The molecule has 0 fully saturated rings. The van der Waals surface area contributed by atoms with Crippen LogP contribution in [-0.2, 0) is 12.6 Å². The summed E-state index contributed by atoms with van der Waals surface area (Å²) in [6.07, 6.45) is -2.55. The zero-order valence-electron chi connectivity index (χ0n) is 11.1. The van der Waals surface area contributed by atoms with E-state index in [1.165, 1.54) is 12.1 Å². The van der Waals surface area contributed by atoms with Gasteiger partial charge >= 0.3 is 6.18 Å². The molecule has 1 aromatic rings. The maximum atomic E-state index is 12.5. The second-order valence-corrected chi connectivity index (χ2v) is 4.02. The highest BCUT2D eigenvalue weighted by Gasteiger charge is 2.31. The zero-order chi connectivity index (χ0) is 13.8. The minimum Gasteiger partial charge on any atom is -0.372 e. The second-order valence-electron chi connectivity index (χ2n) is 4.02. The molecule has 0 N–H and O–H groups in total. The van der Waals surface area contributed by atoms with Crippen LogP contribution >= 0.6 is 0 Å². The Kier molecular flexibility index (Phi) is 5.05. The Labute approximate surface area is 107 Å². The van der Waals surface area contributed by atoms with E-state index in [4.69, 9.17) is 0 Å². The maximum Gasteiger partial charge on any atom is 0.416 e. The SMILES string of the molecule is CC.CCN1CCCc2cc(C(F)(F)F)ccc21. The first-order chi connectivity index (χ1) is 8.52. The first kappa shape index (κ1) is 14.9. The topological polar surface area (TPSA) is 3.24 Å². The summed E-state index contributed by atoms with van der Waals surface area (Å²) in [6, 6.07) is 4.06. The molecule has 0 aromatic heterocycles. The minimum atomic E-state index is -4.23. The zero-order valence-corrected chi connectivity index (χ0v) is 11.1. The average molecular weight is 259 g/mol. The van der Waals surface area contributed by atoms with Crippen molar-refractivity contribution in [2.45, 2.75) is 39.8 Å². The van der Waals surface area contributed by atoms with Gasteiger partial charge in [0.2, 0.25) is 0 Å². The van der Waals surface area contributed by atoms with Crippen molar-refractivity contribution in [3.05, 3.63) is 29.3 Å². The summed E-state index contributed by atoms with van der Waals surface area (Å²) in [7, 11) is 0. The van der Waals surface area contributed by atoms with Gasteiger partial charge in [-0.1, -0.05) is 13.8 Å². The number of anilines is 1. The van der Waals surface area contributed by atoms with Crippen molar-refractivity contribution >= 4 is 5.69 Å². The fourth-order valence-electron chi connectivity index (χ4n) is 2.18. The summed E-state index contributed by atoms with van der Waals surface area (Å²) in [6.45, 7) is 7.81. The smallest absolute Gasteiger partial charge is 0.372 e. The van der Waals surface area contributed by atoms with E-state index in [2.05, 4.69) is 4.90 Å². The third kappa shape index (κ3) is 3.18. The predicted molar refractivity (Wildman–Crippen MR) is 69.0 cm³/mol. The highest BCUT2D eigenvalue weighted by atomic mass is 19.4. The van der Waals surface area contributed by atoms with Crippen molar-refractivity contribution < 1.29 is 13.2 Å². The monoisotopic (exact) mass is 259 g/mol. The van der Waals surface area contributed by atoms with Crippen LogP contribution in [0.1, 0.15) is 38.3 Å². The van der Waals surface area contributed by atoms with Gasteiger partial charge in [-0.2, -0.15) is 13.2 Å². The Balaban J connectivity index is 0.000000771. The van der Waals surface area contributed by atoms with Gasteiger partial charge < -0.3 is 4.90 Å². The lowest BCUT2D eigenvalue weighted by Crippen LogP contribution is -2.29.